The van der Waals surface area contributed by atoms with Crippen LogP contribution in [0.4, 0.5) is 0 Å². The smallest absolute Gasteiger partial charge is 0.0959 e. The van der Waals surface area contributed by atoms with Crippen LogP contribution in [0.3, 0.4) is 0 Å². The second-order valence-corrected chi connectivity index (χ2v) is 7.78. The van der Waals surface area contributed by atoms with Crippen molar-refractivity contribution in [2.45, 2.75) is 56.3 Å². The first-order valence-corrected chi connectivity index (χ1v) is 9.48. The maximum absolute atomic E-state index is 6.26. The molecule has 0 saturated carbocycles. The maximum atomic E-state index is 6.26. The van der Waals surface area contributed by atoms with Crippen LogP contribution in [0.5, 0.6) is 0 Å². The molecule has 4 saturated heterocycles. The first-order chi connectivity index (χ1) is 11.3. The van der Waals surface area contributed by atoms with Gasteiger partial charge in [-0.15, -0.1) is 0 Å². The molecule has 0 aliphatic carbocycles. The normalized spacial score (nSPS) is 33.7. The van der Waals surface area contributed by atoms with Gasteiger partial charge < -0.3 is 18.9 Å². The number of rotatable bonds is 4. The van der Waals surface area contributed by atoms with Crippen molar-refractivity contribution in [1.82, 2.24) is 4.90 Å². The molecule has 4 aliphatic rings. The van der Waals surface area contributed by atoms with Crippen molar-refractivity contribution in [1.29, 1.82) is 0 Å². The van der Waals surface area contributed by atoms with Crippen LogP contribution in [0.25, 0.3) is 0 Å². The molecular formula is C18H31NO4. The van der Waals surface area contributed by atoms with Crippen LogP contribution in [0.2, 0.25) is 0 Å². The SMILES string of the molecule is C1CC(COC2CCOC3(C2)CN(C2CCOCC2)C3)CCO1. The van der Waals surface area contributed by atoms with Gasteiger partial charge in [0.1, 0.15) is 0 Å². The van der Waals surface area contributed by atoms with Gasteiger partial charge in [-0.3, -0.25) is 4.90 Å². The fourth-order valence-corrected chi connectivity index (χ4v) is 4.53. The van der Waals surface area contributed by atoms with Gasteiger partial charge in [0, 0.05) is 65.2 Å². The van der Waals surface area contributed by atoms with E-state index in [4.69, 9.17) is 18.9 Å². The van der Waals surface area contributed by atoms with E-state index in [2.05, 4.69) is 4.90 Å². The molecule has 4 heterocycles. The zero-order valence-corrected chi connectivity index (χ0v) is 14.2. The molecule has 4 aliphatic heterocycles. The Morgan fingerprint density at radius 1 is 0.870 bits per heavy atom. The van der Waals surface area contributed by atoms with Crippen LogP contribution in [-0.2, 0) is 18.9 Å². The van der Waals surface area contributed by atoms with Gasteiger partial charge in [0.05, 0.1) is 11.7 Å². The monoisotopic (exact) mass is 325 g/mol. The van der Waals surface area contributed by atoms with Crippen molar-refractivity contribution >= 4 is 0 Å². The minimum Gasteiger partial charge on any atom is -0.381 e. The molecule has 0 bridgehead atoms. The van der Waals surface area contributed by atoms with E-state index >= 15 is 0 Å². The molecule has 4 fully saturated rings. The van der Waals surface area contributed by atoms with Crippen molar-refractivity contribution < 1.29 is 18.9 Å². The fraction of sp³-hybridized carbons (Fsp3) is 1.00. The van der Waals surface area contributed by atoms with Crippen molar-refractivity contribution in [3.63, 3.8) is 0 Å². The Morgan fingerprint density at radius 2 is 1.57 bits per heavy atom. The van der Waals surface area contributed by atoms with Crippen LogP contribution < -0.4 is 0 Å². The van der Waals surface area contributed by atoms with Gasteiger partial charge in [-0.25, -0.2) is 0 Å². The summed E-state index contributed by atoms with van der Waals surface area (Å²) in [4.78, 5) is 2.60. The Balaban J connectivity index is 1.22. The van der Waals surface area contributed by atoms with E-state index in [9.17, 15) is 0 Å². The Morgan fingerprint density at radius 3 is 2.30 bits per heavy atom. The first kappa shape index (κ1) is 16.3. The fourth-order valence-electron chi connectivity index (χ4n) is 4.53. The molecule has 5 nitrogen and oxygen atoms in total. The van der Waals surface area contributed by atoms with E-state index in [1.807, 2.05) is 0 Å². The highest BCUT2D eigenvalue weighted by Crippen LogP contribution is 2.38. The molecule has 1 atom stereocenters. The third kappa shape index (κ3) is 3.90. The summed E-state index contributed by atoms with van der Waals surface area (Å²) in [6.45, 7) is 7.62. The third-order valence-electron chi connectivity index (χ3n) is 6.05. The topological polar surface area (TPSA) is 40.2 Å². The van der Waals surface area contributed by atoms with E-state index in [-0.39, 0.29) is 5.60 Å². The lowest BCUT2D eigenvalue weighted by molar-refractivity contribution is -0.211. The molecule has 5 heteroatoms. The molecule has 1 unspecified atom stereocenters. The second-order valence-electron chi connectivity index (χ2n) is 7.78. The standard InChI is InChI=1S/C18H31NO4/c1-6-20-7-2-15(1)12-22-17-5-10-23-18(11-17)13-19(14-18)16-3-8-21-9-4-16/h15-17H,1-14H2. The maximum Gasteiger partial charge on any atom is 0.0959 e. The van der Waals surface area contributed by atoms with E-state index < -0.39 is 0 Å². The van der Waals surface area contributed by atoms with Crippen molar-refractivity contribution in [2.24, 2.45) is 5.92 Å². The summed E-state index contributed by atoms with van der Waals surface area (Å²) in [6.07, 6.45) is 7.21. The van der Waals surface area contributed by atoms with Crippen molar-refractivity contribution in [3.05, 3.63) is 0 Å². The van der Waals surface area contributed by atoms with Gasteiger partial charge in [-0.05, 0) is 38.0 Å². The summed E-state index contributed by atoms with van der Waals surface area (Å²) in [5.74, 6) is 0.697. The third-order valence-corrected chi connectivity index (χ3v) is 6.05. The van der Waals surface area contributed by atoms with E-state index in [1.54, 1.807) is 0 Å². The lowest BCUT2D eigenvalue weighted by atomic mass is 9.82. The molecule has 0 aromatic rings. The van der Waals surface area contributed by atoms with Gasteiger partial charge in [-0.1, -0.05) is 0 Å². The number of hydrogen-bond acceptors (Lipinski definition) is 5. The van der Waals surface area contributed by atoms with E-state index in [0.717, 1.165) is 78.4 Å². The predicted octanol–water partition coefficient (Wildman–Crippen LogP) is 1.84. The summed E-state index contributed by atoms with van der Waals surface area (Å²) >= 11 is 0. The Labute approximate surface area is 139 Å². The second kappa shape index (κ2) is 7.36. The molecule has 132 valence electrons. The van der Waals surface area contributed by atoms with Gasteiger partial charge in [0.15, 0.2) is 0 Å². The molecule has 1 spiro atoms. The van der Waals surface area contributed by atoms with Gasteiger partial charge in [0.2, 0.25) is 0 Å². The zero-order chi connectivity index (χ0) is 15.5. The molecule has 4 rings (SSSR count). The molecule has 23 heavy (non-hydrogen) atoms. The summed E-state index contributed by atoms with van der Waals surface area (Å²) in [5.41, 5.74) is 0.0803. The number of ether oxygens (including phenoxy) is 4. The highest BCUT2D eigenvalue weighted by Gasteiger charge is 2.49. The first-order valence-electron chi connectivity index (χ1n) is 9.48. The summed E-state index contributed by atoms with van der Waals surface area (Å²) in [7, 11) is 0. The molecular weight excluding hydrogens is 294 g/mol. The Kier molecular flexibility index (Phi) is 5.21. The molecule has 0 N–H and O–H groups in total. The summed E-state index contributed by atoms with van der Waals surface area (Å²) < 4.78 is 23.3. The van der Waals surface area contributed by atoms with E-state index in [0.29, 0.717) is 18.1 Å². The average molecular weight is 325 g/mol. The van der Waals surface area contributed by atoms with Crippen LogP contribution in [-0.4, -0.2) is 75.4 Å². The minimum absolute atomic E-state index is 0.0803. The van der Waals surface area contributed by atoms with Crippen molar-refractivity contribution in [2.75, 3.05) is 52.7 Å². The van der Waals surface area contributed by atoms with Crippen LogP contribution in [0, 0.1) is 5.92 Å². The largest absolute Gasteiger partial charge is 0.381 e. The quantitative estimate of drug-likeness (QED) is 0.789. The number of likely N-dealkylation sites (tertiary alicyclic amines) is 1. The molecule has 0 radical (unpaired) electrons. The lowest BCUT2D eigenvalue weighted by Crippen LogP contribution is -2.68. The summed E-state index contributed by atoms with van der Waals surface area (Å²) in [6, 6.07) is 0.710. The van der Waals surface area contributed by atoms with Gasteiger partial charge >= 0.3 is 0 Å². The Hall–Kier alpha value is -0.200. The summed E-state index contributed by atoms with van der Waals surface area (Å²) in [5, 5.41) is 0. The Bertz CT molecular complexity index is 373. The van der Waals surface area contributed by atoms with Gasteiger partial charge in [0.25, 0.3) is 0 Å². The average Bonchev–Trinajstić information content (AvgIpc) is 2.60. The number of hydrogen-bond donors (Lipinski definition) is 0. The van der Waals surface area contributed by atoms with Crippen LogP contribution in [0.1, 0.15) is 38.5 Å². The van der Waals surface area contributed by atoms with Crippen molar-refractivity contribution in [3.8, 4) is 0 Å². The predicted molar refractivity (Wildman–Crippen MR) is 86.6 cm³/mol. The van der Waals surface area contributed by atoms with Gasteiger partial charge in [-0.2, -0.15) is 0 Å². The number of nitrogens with zero attached hydrogens (tertiary/aromatic N) is 1. The lowest BCUT2D eigenvalue weighted by Gasteiger charge is -2.56. The minimum atomic E-state index is 0.0803. The highest BCUT2D eigenvalue weighted by molar-refractivity contribution is 5.03. The van der Waals surface area contributed by atoms with Crippen LogP contribution in [0.15, 0.2) is 0 Å². The van der Waals surface area contributed by atoms with Crippen LogP contribution >= 0.6 is 0 Å². The van der Waals surface area contributed by atoms with E-state index in [1.165, 1.54) is 12.8 Å². The molecule has 0 amide bonds. The zero-order valence-electron chi connectivity index (χ0n) is 14.2. The highest BCUT2D eigenvalue weighted by atomic mass is 16.5. The molecule has 0 aromatic heterocycles. The molecule has 0 aromatic carbocycles.